The summed E-state index contributed by atoms with van der Waals surface area (Å²) in [5.74, 6) is 3.70. The van der Waals surface area contributed by atoms with E-state index in [1.807, 2.05) is 13.0 Å². The maximum atomic E-state index is 13.9. The van der Waals surface area contributed by atoms with Crippen molar-refractivity contribution >= 4 is 0 Å². The van der Waals surface area contributed by atoms with Crippen molar-refractivity contribution in [1.82, 2.24) is 10.4 Å². The molecule has 5 heteroatoms. The van der Waals surface area contributed by atoms with Crippen molar-refractivity contribution in [3.8, 4) is 0 Å². The molecule has 0 saturated carbocycles. The lowest BCUT2D eigenvalue weighted by atomic mass is 9.98. The smallest absolute Gasteiger partial charge is 0.164 e. The molecule has 0 fully saturated rings. The van der Waals surface area contributed by atoms with E-state index in [2.05, 4.69) is 10.4 Å². The van der Waals surface area contributed by atoms with Gasteiger partial charge in [0, 0.05) is 11.8 Å². The molecule has 0 aliphatic heterocycles. The molecular formula is C14H15F2N3. The van der Waals surface area contributed by atoms with Gasteiger partial charge in [-0.05, 0) is 24.1 Å². The Kier molecular flexibility index (Phi) is 4.19. The van der Waals surface area contributed by atoms with Crippen LogP contribution in [-0.4, -0.2) is 4.98 Å². The average Bonchev–Trinajstić information content (AvgIpc) is 2.45. The number of halogens is 2. The first-order valence-electron chi connectivity index (χ1n) is 6.02. The van der Waals surface area contributed by atoms with Crippen molar-refractivity contribution in [1.29, 1.82) is 0 Å². The Balaban J connectivity index is 2.53. The number of hydrogen-bond acceptors (Lipinski definition) is 3. The summed E-state index contributed by atoms with van der Waals surface area (Å²) in [4.78, 5) is 4.24. The monoisotopic (exact) mass is 263 g/mol. The minimum atomic E-state index is -0.904. The molecule has 0 bridgehead atoms. The average molecular weight is 263 g/mol. The SMILES string of the molecule is CCc1cccnc1C(NN)c1cccc(F)c1F. The van der Waals surface area contributed by atoms with Gasteiger partial charge < -0.3 is 0 Å². The maximum absolute atomic E-state index is 13.9. The molecule has 1 aromatic carbocycles. The predicted octanol–water partition coefficient (Wildman–Crippen LogP) is 2.47. The van der Waals surface area contributed by atoms with Crippen LogP contribution >= 0.6 is 0 Å². The van der Waals surface area contributed by atoms with Gasteiger partial charge in [0.1, 0.15) is 0 Å². The highest BCUT2D eigenvalue weighted by molar-refractivity contribution is 5.33. The van der Waals surface area contributed by atoms with E-state index < -0.39 is 17.7 Å². The van der Waals surface area contributed by atoms with Gasteiger partial charge in [-0.2, -0.15) is 0 Å². The van der Waals surface area contributed by atoms with Crippen LogP contribution in [0.2, 0.25) is 0 Å². The number of nitrogens with two attached hydrogens (primary N) is 1. The van der Waals surface area contributed by atoms with Crippen LogP contribution < -0.4 is 11.3 Å². The molecule has 100 valence electrons. The molecule has 0 aliphatic rings. The third-order valence-electron chi connectivity index (χ3n) is 3.04. The van der Waals surface area contributed by atoms with Gasteiger partial charge in [-0.3, -0.25) is 10.8 Å². The first-order valence-corrected chi connectivity index (χ1v) is 6.02. The topological polar surface area (TPSA) is 50.9 Å². The van der Waals surface area contributed by atoms with Gasteiger partial charge in [0.15, 0.2) is 11.6 Å². The Morgan fingerprint density at radius 1 is 1.26 bits per heavy atom. The molecule has 0 spiro atoms. The van der Waals surface area contributed by atoms with Crippen molar-refractivity contribution in [2.45, 2.75) is 19.4 Å². The van der Waals surface area contributed by atoms with Crippen LogP contribution in [0, 0.1) is 11.6 Å². The largest absolute Gasteiger partial charge is 0.271 e. The van der Waals surface area contributed by atoms with Crippen molar-refractivity contribution in [3.05, 3.63) is 65.0 Å². The number of hydrogen-bond donors (Lipinski definition) is 2. The van der Waals surface area contributed by atoms with Crippen molar-refractivity contribution in [2.24, 2.45) is 5.84 Å². The van der Waals surface area contributed by atoms with Crippen LogP contribution in [0.25, 0.3) is 0 Å². The molecule has 1 unspecified atom stereocenters. The van der Waals surface area contributed by atoms with Crippen LogP contribution in [0.3, 0.4) is 0 Å². The molecule has 3 nitrogen and oxygen atoms in total. The Labute approximate surface area is 110 Å². The molecule has 0 radical (unpaired) electrons. The Morgan fingerprint density at radius 3 is 2.74 bits per heavy atom. The summed E-state index contributed by atoms with van der Waals surface area (Å²) in [5.41, 5.74) is 4.20. The lowest BCUT2D eigenvalue weighted by molar-refractivity contribution is 0.480. The van der Waals surface area contributed by atoms with E-state index in [1.165, 1.54) is 12.1 Å². The summed E-state index contributed by atoms with van der Waals surface area (Å²) in [6.07, 6.45) is 2.34. The molecule has 0 saturated heterocycles. The standard InChI is InChI=1S/C14H15F2N3/c1-2-9-5-4-8-18-13(9)14(19-17)10-6-3-7-11(15)12(10)16/h3-8,14,19H,2,17H2,1H3. The van der Waals surface area contributed by atoms with E-state index in [0.29, 0.717) is 5.69 Å². The second-order valence-corrected chi connectivity index (χ2v) is 4.14. The number of aryl methyl sites for hydroxylation is 1. The first-order chi connectivity index (χ1) is 9.19. The Bertz CT molecular complexity index is 572. The first kappa shape index (κ1) is 13.6. The number of nitrogens with one attached hydrogen (secondary N) is 1. The normalized spacial score (nSPS) is 12.4. The van der Waals surface area contributed by atoms with Gasteiger partial charge in [-0.15, -0.1) is 0 Å². The van der Waals surface area contributed by atoms with Gasteiger partial charge >= 0.3 is 0 Å². The molecule has 2 aromatic rings. The summed E-state index contributed by atoms with van der Waals surface area (Å²) in [6, 6.07) is 7.05. The highest BCUT2D eigenvalue weighted by Crippen LogP contribution is 2.26. The minimum absolute atomic E-state index is 0.149. The summed E-state index contributed by atoms with van der Waals surface area (Å²) in [5, 5.41) is 0. The van der Waals surface area contributed by atoms with Crippen molar-refractivity contribution in [2.75, 3.05) is 0 Å². The van der Waals surface area contributed by atoms with E-state index in [1.54, 1.807) is 12.3 Å². The van der Waals surface area contributed by atoms with Crippen LogP contribution in [0.1, 0.15) is 29.8 Å². The van der Waals surface area contributed by atoms with Gasteiger partial charge in [-0.25, -0.2) is 14.2 Å². The quantitative estimate of drug-likeness (QED) is 0.658. The summed E-state index contributed by atoms with van der Waals surface area (Å²) in [7, 11) is 0. The number of nitrogens with zero attached hydrogens (tertiary/aromatic N) is 1. The third-order valence-corrected chi connectivity index (χ3v) is 3.04. The zero-order chi connectivity index (χ0) is 13.8. The maximum Gasteiger partial charge on any atom is 0.164 e. The number of rotatable bonds is 4. The second-order valence-electron chi connectivity index (χ2n) is 4.14. The molecule has 1 heterocycles. The van der Waals surface area contributed by atoms with Gasteiger partial charge in [0.25, 0.3) is 0 Å². The highest BCUT2D eigenvalue weighted by atomic mass is 19.2. The van der Waals surface area contributed by atoms with E-state index in [-0.39, 0.29) is 5.56 Å². The minimum Gasteiger partial charge on any atom is -0.271 e. The molecule has 0 aliphatic carbocycles. The van der Waals surface area contributed by atoms with Crippen molar-refractivity contribution < 1.29 is 8.78 Å². The Morgan fingerprint density at radius 2 is 2.05 bits per heavy atom. The molecule has 1 atom stereocenters. The lowest BCUT2D eigenvalue weighted by Crippen LogP contribution is -2.31. The molecule has 3 N–H and O–H groups in total. The van der Waals surface area contributed by atoms with E-state index in [4.69, 9.17) is 5.84 Å². The molecule has 19 heavy (non-hydrogen) atoms. The third kappa shape index (κ3) is 2.62. The molecule has 0 amide bonds. The zero-order valence-electron chi connectivity index (χ0n) is 10.5. The fraction of sp³-hybridized carbons (Fsp3) is 0.214. The van der Waals surface area contributed by atoms with Crippen LogP contribution in [0.15, 0.2) is 36.5 Å². The molecular weight excluding hydrogens is 248 g/mol. The fourth-order valence-corrected chi connectivity index (χ4v) is 2.07. The number of aromatic nitrogens is 1. The van der Waals surface area contributed by atoms with Gasteiger partial charge in [0.05, 0.1) is 11.7 Å². The Hall–Kier alpha value is -1.85. The van der Waals surface area contributed by atoms with Crippen LogP contribution in [0.5, 0.6) is 0 Å². The second kappa shape index (κ2) is 5.86. The molecule has 2 rings (SSSR count). The predicted molar refractivity (Wildman–Crippen MR) is 69.1 cm³/mol. The number of pyridine rings is 1. The lowest BCUT2D eigenvalue weighted by Gasteiger charge is -2.19. The zero-order valence-corrected chi connectivity index (χ0v) is 10.5. The fourth-order valence-electron chi connectivity index (χ4n) is 2.07. The van der Waals surface area contributed by atoms with E-state index in [0.717, 1.165) is 18.1 Å². The molecule has 1 aromatic heterocycles. The summed E-state index contributed by atoms with van der Waals surface area (Å²) in [6.45, 7) is 1.97. The summed E-state index contributed by atoms with van der Waals surface area (Å²) < 4.78 is 27.2. The highest BCUT2D eigenvalue weighted by Gasteiger charge is 2.21. The van der Waals surface area contributed by atoms with Crippen LogP contribution in [-0.2, 0) is 6.42 Å². The van der Waals surface area contributed by atoms with E-state index in [9.17, 15) is 8.78 Å². The summed E-state index contributed by atoms with van der Waals surface area (Å²) >= 11 is 0. The number of benzene rings is 1. The van der Waals surface area contributed by atoms with Gasteiger partial charge in [0.2, 0.25) is 0 Å². The van der Waals surface area contributed by atoms with Gasteiger partial charge in [-0.1, -0.05) is 25.1 Å². The number of hydrazine groups is 1. The van der Waals surface area contributed by atoms with Crippen LogP contribution in [0.4, 0.5) is 8.78 Å². The van der Waals surface area contributed by atoms with E-state index >= 15 is 0 Å². The van der Waals surface area contributed by atoms with Crippen molar-refractivity contribution in [3.63, 3.8) is 0 Å².